The van der Waals surface area contributed by atoms with Crippen LogP contribution in [0.1, 0.15) is 19.2 Å². The van der Waals surface area contributed by atoms with Gasteiger partial charge in [-0.25, -0.2) is 0 Å². The summed E-state index contributed by atoms with van der Waals surface area (Å²) in [5.74, 6) is 0. The average molecular weight is 587 g/mol. The summed E-state index contributed by atoms with van der Waals surface area (Å²) in [5, 5.41) is 3.24. The van der Waals surface area contributed by atoms with Gasteiger partial charge in [-0.05, 0) is 78.7 Å². The summed E-state index contributed by atoms with van der Waals surface area (Å²) in [6, 6.07) is 17.1. The standard InChI is InChI=1S/C44H28O/c1-3-15-29(16-4-1)31-19-7-8-20-32(31)42-33-21-9-11-23-35(33)43(36-24-12-10-22-34(36)42)38-27-28-40-44(37-25-13-14-26-39(37)45-40)41(38)30-17-5-2-6-18-30/h1-28H/i1D,2D,3D,4D,5D,6D,7D,8D,15D,16D,17D,18D,19D,20D. The third-order valence-electron chi connectivity index (χ3n) is 8.18. The number of hydrogen-bond donors (Lipinski definition) is 0. The van der Waals surface area contributed by atoms with Gasteiger partial charge in [0.1, 0.15) is 11.2 Å². The molecule has 1 heterocycles. The fourth-order valence-corrected chi connectivity index (χ4v) is 6.41. The van der Waals surface area contributed by atoms with E-state index in [1.165, 1.54) is 0 Å². The Kier molecular flexibility index (Phi) is 3.50. The maximum atomic E-state index is 9.37. The van der Waals surface area contributed by atoms with Crippen molar-refractivity contribution in [3.05, 3.63) is 170 Å². The Hall–Kier alpha value is -5.92. The minimum absolute atomic E-state index is 0.0407. The third-order valence-corrected chi connectivity index (χ3v) is 8.18. The van der Waals surface area contributed by atoms with E-state index in [9.17, 15) is 1.37 Å². The van der Waals surface area contributed by atoms with Crippen LogP contribution in [-0.4, -0.2) is 0 Å². The van der Waals surface area contributed by atoms with Gasteiger partial charge in [-0.1, -0.05) is 151 Å². The lowest BCUT2D eigenvalue weighted by Gasteiger charge is -2.21. The molecule has 0 aliphatic heterocycles. The molecule has 1 nitrogen and oxygen atoms in total. The predicted octanol–water partition coefficient (Wildman–Crippen LogP) is 12.6. The van der Waals surface area contributed by atoms with Crippen molar-refractivity contribution in [2.75, 3.05) is 0 Å². The Morgan fingerprint density at radius 1 is 0.356 bits per heavy atom. The Labute approximate surface area is 281 Å². The fourth-order valence-electron chi connectivity index (χ4n) is 6.41. The van der Waals surface area contributed by atoms with Crippen LogP contribution >= 0.6 is 0 Å². The highest BCUT2D eigenvalue weighted by Crippen LogP contribution is 2.50. The van der Waals surface area contributed by atoms with Gasteiger partial charge in [0.15, 0.2) is 0 Å². The van der Waals surface area contributed by atoms with Crippen LogP contribution in [0.5, 0.6) is 0 Å². The van der Waals surface area contributed by atoms with Crippen LogP contribution < -0.4 is 0 Å². The first-order valence-corrected chi connectivity index (χ1v) is 14.3. The molecule has 0 unspecified atom stereocenters. The summed E-state index contributed by atoms with van der Waals surface area (Å²) < 4.78 is 129. The van der Waals surface area contributed by atoms with Crippen LogP contribution in [0.4, 0.5) is 0 Å². The number of para-hydroxylation sites is 1. The highest BCUT2D eigenvalue weighted by Gasteiger charge is 2.23. The molecule has 0 aliphatic rings. The molecule has 0 N–H and O–H groups in total. The van der Waals surface area contributed by atoms with Crippen molar-refractivity contribution in [3.63, 3.8) is 0 Å². The Morgan fingerprint density at radius 3 is 1.47 bits per heavy atom. The van der Waals surface area contributed by atoms with Crippen LogP contribution in [-0.2, 0) is 0 Å². The predicted molar refractivity (Wildman–Crippen MR) is 190 cm³/mol. The molecule has 0 saturated heterocycles. The summed E-state index contributed by atoms with van der Waals surface area (Å²) in [4.78, 5) is 0. The quantitative estimate of drug-likeness (QED) is 0.187. The largest absolute Gasteiger partial charge is 0.456 e. The van der Waals surface area contributed by atoms with E-state index in [4.69, 9.17) is 22.2 Å². The molecule has 210 valence electrons. The molecule has 0 spiro atoms. The minimum atomic E-state index is -0.660. The molecule has 1 aromatic heterocycles. The maximum Gasteiger partial charge on any atom is 0.136 e. The minimum Gasteiger partial charge on any atom is -0.456 e. The number of benzene rings is 8. The number of fused-ring (bicyclic) bond motifs is 5. The average Bonchev–Trinajstić information content (AvgIpc) is 3.63. The zero-order chi connectivity index (χ0) is 41.9. The van der Waals surface area contributed by atoms with Gasteiger partial charge < -0.3 is 4.42 Å². The number of hydrogen-bond acceptors (Lipinski definition) is 1. The van der Waals surface area contributed by atoms with E-state index in [-0.39, 0.29) is 22.3 Å². The molecule has 1 heteroatoms. The van der Waals surface area contributed by atoms with Gasteiger partial charge in [0.25, 0.3) is 0 Å². The molecule has 0 atom stereocenters. The van der Waals surface area contributed by atoms with Crippen molar-refractivity contribution in [1.82, 2.24) is 0 Å². The zero-order valence-corrected chi connectivity index (χ0v) is 23.5. The number of furan rings is 1. The van der Waals surface area contributed by atoms with Crippen molar-refractivity contribution in [1.29, 1.82) is 0 Å². The monoisotopic (exact) mass is 586 g/mol. The summed E-state index contributed by atoms with van der Waals surface area (Å²) in [7, 11) is 0. The SMILES string of the molecule is [2H]c1c([2H])c([2H])c(-c2c([2H])c([2H])c([2H])c([2H])c2-c2c3ccccc3c(-c3ccc4oc5ccccc5c4c3-c3c([2H])c([2H])c([2H])c([2H])c3[2H])c3ccccc23)c([2H])c1[2H]. The summed E-state index contributed by atoms with van der Waals surface area (Å²) in [6.45, 7) is 0. The molecule has 0 fully saturated rings. The highest BCUT2D eigenvalue weighted by atomic mass is 16.3. The molecule has 0 bridgehead atoms. The fraction of sp³-hybridized carbons (Fsp3) is 0. The molecule has 9 rings (SSSR count). The van der Waals surface area contributed by atoms with Crippen LogP contribution in [0.3, 0.4) is 0 Å². The molecule has 9 aromatic rings. The number of rotatable bonds is 4. The van der Waals surface area contributed by atoms with Crippen molar-refractivity contribution in [3.8, 4) is 44.5 Å². The van der Waals surface area contributed by atoms with Crippen LogP contribution in [0.25, 0.3) is 88.0 Å². The lowest BCUT2D eigenvalue weighted by molar-refractivity contribution is 0.669. The highest BCUT2D eigenvalue weighted by molar-refractivity contribution is 6.25. The van der Waals surface area contributed by atoms with Crippen LogP contribution in [0, 0.1) is 0 Å². The van der Waals surface area contributed by atoms with E-state index in [2.05, 4.69) is 0 Å². The van der Waals surface area contributed by atoms with Crippen molar-refractivity contribution in [2.24, 2.45) is 0 Å². The molecular weight excluding hydrogens is 544 g/mol. The third kappa shape index (κ3) is 4.02. The van der Waals surface area contributed by atoms with E-state index < -0.39 is 84.6 Å². The van der Waals surface area contributed by atoms with Gasteiger partial charge in [-0.15, -0.1) is 0 Å². The first kappa shape index (κ1) is 15.2. The molecule has 8 aromatic carbocycles. The second-order valence-corrected chi connectivity index (χ2v) is 10.6. The van der Waals surface area contributed by atoms with E-state index in [1.807, 2.05) is 30.3 Å². The second kappa shape index (κ2) is 10.4. The summed E-state index contributed by atoms with van der Waals surface area (Å²) >= 11 is 0. The van der Waals surface area contributed by atoms with E-state index in [0.717, 1.165) is 0 Å². The van der Waals surface area contributed by atoms with Gasteiger partial charge in [0.05, 0.1) is 19.2 Å². The van der Waals surface area contributed by atoms with Crippen LogP contribution in [0.15, 0.2) is 174 Å². The van der Waals surface area contributed by atoms with Crippen molar-refractivity contribution >= 4 is 43.5 Å². The molecule has 45 heavy (non-hydrogen) atoms. The molecule has 0 saturated carbocycles. The Balaban J connectivity index is 1.51. The van der Waals surface area contributed by atoms with Gasteiger partial charge in [0.2, 0.25) is 0 Å². The van der Waals surface area contributed by atoms with Crippen LogP contribution in [0.2, 0.25) is 0 Å². The van der Waals surface area contributed by atoms with Crippen molar-refractivity contribution < 1.29 is 23.6 Å². The smallest absolute Gasteiger partial charge is 0.136 e. The second-order valence-electron chi connectivity index (χ2n) is 10.6. The van der Waals surface area contributed by atoms with E-state index in [0.29, 0.717) is 65.7 Å². The van der Waals surface area contributed by atoms with Crippen molar-refractivity contribution in [2.45, 2.75) is 0 Å². The Morgan fingerprint density at radius 2 is 0.844 bits per heavy atom. The molecule has 0 amide bonds. The first-order chi connectivity index (χ1) is 28.2. The first-order valence-electron chi connectivity index (χ1n) is 21.3. The van der Waals surface area contributed by atoms with E-state index >= 15 is 0 Å². The molecule has 0 aliphatic carbocycles. The summed E-state index contributed by atoms with van der Waals surface area (Å²) in [5.41, 5.74) is 1.90. The summed E-state index contributed by atoms with van der Waals surface area (Å²) in [6.07, 6.45) is 0. The maximum absolute atomic E-state index is 9.37. The molecule has 0 radical (unpaired) electrons. The lowest BCUT2D eigenvalue weighted by Crippen LogP contribution is -1.94. The topological polar surface area (TPSA) is 13.1 Å². The van der Waals surface area contributed by atoms with Gasteiger partial charge in [-0.2, -0.15) is 0 Å². The molecular formula is C44H28O. The Bertz CT molecular complexity index is 3220. The van der Waals surface area contributed by atoms with E-state index in [1.54, 1.807) is 54.6 Å². The van der Waals surface area contributed by atoms with Gasteiger partial charge in [-0.3, -0.25) is 0 Å². The van der Waals surface area contributed by atoms with Gasteiger partial charge >= 0.3 is 0 Å². The van der Waals surface area contributed by atoms with Gasteiger partial charge in [0, 0.05) is 16.3 Å². The zero-order valence-electron chi connectivity index (χ0n) is 37.5. The normalized spacial score (nSPS) is 15.9. The lowest BCUT2D eigenvalue weighted by atomic mass is 9.81.